The number of hydrogen-bond donors (Lipinski definition) is 8. The minimum Gasteiger partial charge on any atom is -0.479 e. The van der Waals surface area contributed by atoms with Crippen LogP contribution in [0.1, 0.15) is 103 Å². The number of nitrogens with one attached hydrogen (secondary N) is 2. The van der Waals surface area contributed by atoms with Gasteiger partial charge in [0.25, 0.3) is 0 Å². The number of fused-ring (bicyclic) bond motifs is 1. The SMILES string of the molecule is CC[C@H](C)[C@@H]([C@@H](CC(=O)N1CCC[C@H]1[C@H](OC)[C@@H](C)C(=O)N[C@H](C)[C@@H](O)c1ccccc1)OC)N(C)C(=O)[C@@H](NC(=O)[C@H](C(C)C)N(C)C(=O)OCc1ccc(O[C@@H]2O[C@H](C(=O)O)[C@@H](O)[C@H](O)[C@H]2O)c2cc(CN)sc12)C(C)C. The number of thiophene rings is 1. The highest BCUT2D eigenvalue weighted by molar-refractivity contribution is 7.19. The lowest BCUT2D eigenvalue weighted by Crippen LogP contribution is -2.61. The van der Waals surface area contributed by atoms with Gasteiger partial charge in [-0.15, -0.1) is 11.3 Å². The lowest BCUT2D eigenvalue weighted by atomic mass is 9.89. The van der Waals surface area contributed by atoms with Gasteiger partial charge in [-0.1, -0.05) is 91.3 Å². The molecule has 3 aromatic rings. The second-order valence-electron chi connectivity index (χ2n) is 21.6. The van der Waals surface area contributed by atoms with Gasteiger partial charge in [-0.05, 0) is 55.2 Å². The van der Waals surface area contributed by atoms with Gasteiger partial charge < -0.3 is 75.4 Å². The number of carboxylic acid groups (broad SMARTS) is 1. The average Bonchev–Trinajstić information content (AvgIpc) is 4.29. The normalized spacial score (nSPS) is 22.9. The van der Waals surface area contributed by atoms with E-state index in [4.69, 9.17) is 29.4 Å². The number of ether oxygens (including phenoxy) is 5. The fourth-order valence-electron chi connectivity index (χ4n) is 10.7. The Hall–Kier alpha value is -5.50. The van der Waals surface area contributed by atoms with Gasteiger partial charge in [0.15, 0.2) is 6.10 Å². The van der Waals surface area contributed by atoms with Crippen molar-refractivity contribution in [3.05, 3.63) is 64.5 Å². The van der Waals surface area contributed by atoms with Crippen LogP contribution >= 0.6 is 11.3 Å². The average molecular weight is 1130 g/mol. The first-order valence-electron chi connectivity index (χ1n) is 27.0. The Kier molecular flexibility index (Phi) is 23.4. The van der Waals surface area contributed by atoms with E-state index >= 15 is 0 Å². The van der Waals surface area contributed by atoms with E-state index in [1.807, 2.05) is 32.0 Å². The van der Waals surface area contributed by atoms with Gasteiger partial charge in [0.1, 0.15) is 42.8 Å². The maximum Gasteiger partial charge on any atom is 0.410 e. The number of likely N-dealkylation sites (N-methyl/N-ethyl adjacent to an activating group) is 2. The molecule has 0 spiro atoms. The highest BCUT2D eigenvalue weighted by Gasteiger charge is 2.49. The monoisotopic (exact) mass is 1130 g/mol. The van der Waals surface area contributed by atoms with Crippen LogP contribution in [0.15, 0.2) is 48.5 Å². The van der Waals surface area contributed by atoms with Crippen molar-refractivity contribution in [3.63, 3.8) is 0 Å². The number of aliphatic hydroxyl groups is 4. The van der Waals surface area contributed by atoms with Gasteiger partial charge in [0, 0.05) is 61.9 Å². The summed E-state index contributed by atoms with van der Waals surface area (Å²) in [5.74, 6) is -4.76. The van der Waals surface area contributed by atoms with Gasteiger partial charge in [-0.25, -0.2) is 9.59 Å². The van der Waals surface area contributed by atoms with E-state index in [-0.39, 0.29) is 43.1 Å². The first-order chi connectivity index (χ1) is 37.3. The van der Waals surface area contributed by atoms with Crippen LogP contribution in [0.2, 0.25) is 0 Å². The number of carboxylic acids is 1. The number of benzene rings is 2. The van der Waals surface area contributed by atoms with E-state index in [9.17, 15) is 54.3 Å². The number of carbonyl (C=O) groups excluding carboxylic acids is 5. The molecule has 0 radical (unpaired) electrons. The lowest BCUT2D eigenvalue weighted by Gasteiger charge is -2.41. The summed E-state index contributed by atoms with van der Waals surface area (Å²) in [6.45, 7) is 14.8. The number of methoxy groups -OCH3 is 2. The molecule has 2 aliphatic heterocycles. The van der Waals surface area contributed by atoms with Crippen molar-refractivity contribution in [1.82, 2.24) is 25.3 Å². The van der Waals surface area contributed by atoms with E-state index < -0.39 is 121 Å². The maximum atomic E-state index is 14.8. The van der Waals surface area contributed by atoms with Crippen molar-refractivity contribution in [2.45, 2.75) is 173 Å². The van der Waals surface area contributed by atoms with Gasteiger partial charge >= 0.3 is 12.1 Å². The Bertz CT molecular complexity index is 2530. The molecule has 23 heteroatoms. The predicted octanol–water partition coefficient (Wildman–Crippen LogP) is 3.52. The van der Waals surface area contributed by atoms with Crippen LogP contribution in [-0.2, 0) is 56.1 Å². The number of aliphatic carboxylic acids is 1. The van der Waals surface area contributed by atoms with E-state index in [1.165, 1.54) is 43.6 Å². The zero-order valence-corrected chi connectivity index (χ0v) is 48.3. The maximum absolute atomic E-state index is 14.8. The third kappa shape index (κ3) is 15.1. The molecular weight excluding hydrogens is 1040 g/mol. The second kappa shape index (κ2) is 28.8. The first-order valence-corrected chi connectivity index (χ1v) is 27.8. The van der Waals surface area contributed by atoms with Crippen molar-refractivity contribution in [2.75, 3.05) is 34.9 Å². The van der Waals surface area contributed by atoms with Crippen LogP contribution in [0, 0.1) is 23.7 Å². The number of nitrogens with two attached hydrogens (primary N) is 1. The molecule has 5 amide bonds. The molecule has 2 aromatic carbocycles. The molecule has 0 unspecified atom stereocenters. The summed E-state index contributed by atoms with van der Waals surface area (Å²) in [6, 6.07) is 10.0. The summed E-state index contributed by atoms with van der Waals surface area (Å²) >= 11 is 1.27. The smallest absolute Gasteiger partial charge is 0.410 e. The van der Waals surface area contributed by atoms with Crippen molar-refractivity contribution in [3.8, 4) is 5.75 Å². The van der Waals surface area contributed by atoms with Gasteiger partial charge in [0.2, 0.25) is 29.9 Å². The summed E-state index contributed by atoms with van der Waals surface area (Å²) in [6.07, 6.45) is -10.6. The molecule has 0 bridgehead atoms. The molecule has 2 saturated heterocycles. The molecule has 22 nitrogen and oxygen atoms in total. The highest BCUT2D eigenvalue weighted by Crippen LogP contribution is 2.38. The zero-order chi connectivity index (χ0) is 58.7. The third-order valence-corrected chi connectivity index (χ3v) is 16.7. The van der Waals surface area contributed by atoms with Crippen molar-refractivity contribution < 1.29 is 78.0 Å². The topological polar surface area (TPSA) is 310 Å². The van der Waals surface area contributed by atoms with Crippen LogP contribution in [-0.4, -0.2) is 184 Å². The minimum atomic E-state index is -1.91. The standard InChI is InChI=1S/C56H84N6O16S/c1-13-30(6)43(39(74-11)25-40(63)62-23-17-20-37(62)48(75-12)31(7)51(68)58-32(8)44(64)33-18-15-14-16-19-33)60(9)53(70)41(28(2)3)59-52(69)42(29(4)5)61(10)56(73)76-27-34-21-22-38(36-24-35(26-57)79-50(34)36)77-55-47(67)45(65)46(66)49(78-55)54(71)72/h14-16,18-19,21-22,24,28-32,37,39,41-49,55,64-67H,13,17,20,23,25-27,57H2,1-12H3,(H,58,68)(H,59,69)(H,71,72)/t30-,31+,32+,37-,39+,41-,42-,43-,44+,45-,46-,47+,48+,49-,55+/m0/s1. The molecule has 15 atom stereocenters. The number of amides is 5. The largest absolute Gasteiger partial charge is 0.479 e. The Balaban J connectivity index is 1.26. The van der Waals surface area contributed by atoms with E-state index in [1.54, 1.807) is 82.7 Å². The molecule has 440 valence electrons. The molecule has 2 fully saturated rings. The molecule has 9 N–H and O–H groups in total. The van der Waals surface area contributed by atoms with Crippen molar-refractivity contribution >= 4 is 57.1 Å². The Morgan fingerprint density at radius 2 is 1.54 bits per heavy atom. The lowest BCUT2D eigenvalue weighted by molar-refractivity contribution is -0.270. The van der Waals surface area contributed by atoms with Gasteiger partial charge in [0.05, 0.1) is 48.8 Å². The highest BCUT2D eigenvalue weighted by atomic mass is 32.1. The Morgan fingerprint density at radius 1 is 0.873 bits per heavy atom. The quantitative estimate of drug-likeness (QED) is 0.0570. The van der Waals surface area contributed by atoms with Crippen molar-refractivity contribution in [1.29, 1.82) is 0 Å². The Labute approximate surface area is 466 Å². The summed E-state index contributed by atoms with van der Waals surface area (Å²) < 4.78 is 29.6. The number of carbonyl (C=O) groups is 6. The molecule has 1 aromatic heterocycles. The van der Waals surface area contributed by atoms with E-state index in [0.29, 0.717) is 51.9 Å². The molecule has 2 aliphatic rings. The zero-order valence-electron chi connectivity index (χ0n) is 47.4. The number of rotatable bonds is 26. The Morgan fingerprint density at radius 3 is 2.13 bits per heavy atom. The van der Waals surface area contributed by atoms with E-state index in [2.05, 4.69) is 10.6 Å². The summed E-state index contributed by atoms with van der Waals surface area (Å²) in [5.41, 5.74) is 7.17. The third-order valence-electron chi connectivity index (χ3n) is 15.5. The number of hydrogen-bond acceptors (Lipinski definition) is 17. The minimum absolute atomic E-state index is 0.0899. The van der Waals surface area contributed by atoms with Crippen LogP contribution in [0.25, 0.3) is 10.1 Å². The molecule has 0 saturated carbocycles. The van der Waals surface area contributed by atoms with Crippen molar-refractivity contribution in [2.24, 2.45) is 29.4 Å². The van der Waals surface area contributed by atoms with Crippen LogP contribution in [0.5, 0.6) is 5.75 Å². The molecule has 5 rings (SSSR count). The van der Waals surface area contributed by atoms with Gasteiger partial charge in [-0.2, -0.15) is 0 Å². The predicted molar refractivity (Wildman–Crippen MR) is 293 cm³/mol. The molecule has 0 aliphatic carbocycles. The fraction of sp³-hybridized carbons (Fsp3) is 0.643. The second-order valence-corrected chi connectivity index (χ2v) is 22.7. The number of likely N-dealkylation sites (tertiary alicyclic amines) is 1. The number of nitrogens with zero attached hydrogens (tertiary/aromatic N) is 3. The summed E-state index contributed by atoms with van der Waals surface area (Å²) in [5, 5.41) is 57.9. The van der Waals surface area contributed by atoms with E-state index in [0.717, 1.165) is 0 Å². The van der Waals surface area contributed by atoms with Gasteiger partial charge in [-0.3, -0.25) is 24.1 Å². The summed E-state index contributed by atoms with van der Waals surface area (Å²) in [4.78, 5) is 88.0. The molecule has 3 heterocycles. The number of aliphatic hydroxyl groups excluding tert-OH is 4. The first kappa shape index (κ1) is 64.3. The molecule has 79 heavy (non-hydrogen) atoms. The molecular formula is C56H84N6O16S. The van der Waals surface area contributed by atoms with Crippen LogP contribution in [0.3, 0.4) is 0 Å². The van der Waals surface area contributed by atoms with Crippen LogP contribution < -0.4 is 21.1 Å². The van der Waals surface area contributed by atoms with Crippen LogP contribution in [0.4, 0.5) is 4.79 Å². The fourth-order valence-corrected chi connectivity index (χ4v) is 11.8. The summed E-state index contributed by atoms with van der Waals surface area (Å²) in [7, 11) is 6.07.